The van der Waals surface area contributed by atoms with Crippen LogP contribution in [0.2, 0.25) is 0 Å². The van der Waals surface area contributed by atoms with Crippen LogP contribution in [0.4, 0.5) is 5.82 Å². The van der Waals surface area contributed by atoms with Gasteiger partial charge in [0.05, 0.1) is 18.1 Å². The zero-order valence-electron chi connectivity index (χ0n) is 18.4. The summed E-state index contributed by atoms with van der Waals surface area (Å²) in [5.74, 6) is 0.380. The summed E-state index contributed by atoms with van der Waals surface area (Å²) < 4.78 is 5.41. The number of carbonyl (C=O) groups excluding carboxylic acids is 1. The Morgan fingerprint density at radius 3 is 2.84 bits per heavy atom. The van der Waals surface area contributed by atoms with E-state index in [4.69, 9.17) is 9.57 Å². The number of hydroxylamine groups is 1. The fourth-order valence-electron chi connectivity index (χ4n) is 4.03. The van der Waals surface area contributed by atoms with Gasteiger partial charge in [0.15, 0.2) is 6.29 Å². The zero-order valence-corrected chi connectivity index (χ0v) is 18.4. The maximum atomic E-state index is 11.9. The number of aromatic nitrogens is 2. The summed E-state index contributed by atoms with van der Waals surface area (Å²) >= 11 is 0. The number of likely N-dealkylation sites (tertiary alicyclic amines) is 1. The first-order valence-electron chi connectivity index (χ1n) is 11.3. The van der Waals surface area contributed by atoms with Crippen LogP contribution in [-0.4, -0.2) is 52.8 Å². The second-order valence-electron chi connectivity index (χ2n) is 8.25. The fraction of sp³-hybridized carbons (Fsp3) is 0.458. The van der Waals surface area contributed by atoms with Gasteiger partial charge in [-0.05, 0) is 37.8 Å². The fourth-order valence-corrected chi connectivity index (χ4v) is 4.03. The van der Waals surface area contributed by atoms with Crippen molar-refractivity contribution in [2.24, 2.45) is 0 Å². The van der Waals surface area contributed by atoms with Crippen molar-refractivity contribution in [1.82, 2.24) is 20.3 Å². The molecule has 0 saturated carbocycles. The standard InChI is InChI=1S/C24H31N5O3/c1-18(19-7-3-2-4-8-19)29-13-12-21(17-29)27-22-16-25-20(15-26-22)10-11-23(30)28-32-24-9-5-6-14-31-24/h2-4,7-8,10-11,15-16,18,21,24H,5-6,9,12-14,17H2,1H3,(H,26,27)(H,28,30)/t18?,21-,24?/m1/s1. The average Bonchev–Trinajstić information content (AvgIpc) is 3.31. The van der Waals surface area contributed by atoms with Crippen LogP contribution in [0.25, 0.3) is 6.08 Å². The molecule has 3 heterocycles. The highest BCUT2D eigenvalue weighted by Gasteiger charge is 2.26. The van der Waals surface area contributed by atoms with E-state index < -0.39 is 0 Å². The van der Waals surface area contributed by atoms with Gasteiger partial charge in [-0.3, -0.25) is 14.7 Å². The minimum Gasteiger partial charge on any atom is -0.365 e. The Balaban J connectivity index is 1.21. The van der Waals surface area contributed by atoms with E-state index in [2.05, 4.69) is 62.9 Å². The molecule has 1 amide bonds. The van der Waals surface area contributed by atoms with Gasteiger partial charge >= 0.3 is 0 Å². The number of rotatable bonds is 8. The zero-order chi connectivity index (χ0) is 22.2. The molecule has 2 aromatic rings. The lowest BCUT2D eigenvalue weighted by molar-refractivity contribution is -0.198. The topological polar surface area (TPSA) is 88.6 Å². The van der Waals surface area contributed by atoms with Gasteiger partial charge in [-0.25, -0.2) is 15.3 Å². The Bertz CT molecular complexity index is 884. The number of carbonyl (C=O) groups is 1. The molecule has 3 atom stereocenters. The summed E-state index contributed by atoms with van der Waals surface area (Å²) in [6, 6.07) is 11.3. The number of amides is 1. The SMILES string of the molecule is CC(c1ccccc1)N1CC[C@@H](Nc2cnc(C=CC(=O)NOC3CCCCO3)cn2)C1. The molecule has 2 aliphatic rings. The molecule has 2 saturated heterocycles. The molecule has 0 bridgehead atoms. The normalized spacial score (nSPS) is 22.7. The Hall–Kier alpha value is -2.81. The highest BCUT2D eigenvalue weighted by molar-refractivity contribution is 5.90. The highest BCUT2D eigenvalue weighted by Crippen LogP contribution is 2.25. The Labute approximate surface area is 189 Å². The van der Waals surface area contributed by atoms with Crippen molar-refractivity contribution < 1.29 is 14.4 Å². The lowest BCUT2D eigenvalue weighted by atomic mass is 10.1. The molecular formula is C24H31N5O3. The van der Waals surface area contributed by atoms with E-state index >= 15 is 0 Å². The Morgan fingerprint density at radius 2 is 2.09 bits per heavy atom. The third-order valence-electron chi connectivity index (χ3n) is 5.91. The van der Waals surface area contributed by atoms with E-state index in [0.29, 0.717) is 24.4 Å². The molecule has 0 spiro atoms. The summed E-state index contributed by atoms with van der Waals surface area (Å²) in [7, 11) is 0. The number of ether oxygens (including phenoxy) is 1. The summed E-state index contributed by atoms with van der Waals surface area (Å²) in [4.78, 5) is 28.5. The summed E-state index contributed by atoms with van der Waals surface area (Å²) in [6.07, 6.45) is 9.88. The molecule has 0 aliphatic carbocycles. The number of anilines is 1. The summed E-state index contributed by atoms with van der Waals surface area (Å²) in [5.41, 5.74) is 4.33. The molecule has 2 aliphatic heterocycles. The van der Waals surface area contributed by atoms with Gasteiger partial charge < -0.3 is 10.1 Å². The van der Waals surface area contributed by atoms with Crippen molar-refractivity contribution >= 4 is 17.8 Å². The van der Waals surface area contributed by atoms with Crippen LogP contribution in [0.1, 0.15) is 49.9 Å². The predicted molar refractivity (Wildman–Crippen MR) is 122 cm³/mol. The van der Waals surface area contributed by atoms with Gasteiger partial charge in [0, 0.05) is 44.3 Å². The van der Waals surface area contributed by atoms with E-state index in [1.165, 1.54) is 11.6 Å². The number of benzene rings is 1. The van der Waals surface area contributed by atoms with Crippen molar-refractivity contribution in [1.29, 1.82) is 0 Å². The molecule has 170 valence electrons. The smallest absolute Gasteiger partial charge is 0.267 e. The number of hydrogen-bond acceptors (Lipinski definition) is 7. The van der Waals surface area contributed by atoms with Crippen LogP contribution >= 0.6 is 0 Å². The molecule has 8 nitrogen and oxygen atoms in total. The van der Waals surface area contributed by atoms with E-state index in [-0.39, 0.29) is 12.2 Å². The third kappa shape index (κ3) is 6.35. The lowest BCUT2D eigenvalue weighted by Crippen LogP contribution is -2.32. The molecule has 0 radical (unpaired) electrons. The van der Waals surface area contributed by atoms with Gasteiger partial charge in [0.25, 0.3) is 5.91 Å². The maximum Gasteiger partial charge on any atom is 0.267 e. The molecule has 2 N–H and O–H groups in total. The quantitative estimate of drug-likeness (QED) is 0.484. The molecule has 2 unspecified atom stereocenters. The van der Waals surface area contributed by atoms with Crippen molar-refractivity contribution in [3.8, 4) is 0 Å². The van der Waals surface area contributed by atoms with Gasteiger partial charge in [0.1, 0.15) is 5.82 Å². The van der Waals surface area contributed by atoms with E-state index in [1.54, 1.807) is 18.5 Å². The lowest BCUT2D eigenvalue weighted by Gasteiger charge is -2.24. The first kappa shape index (κ1) is 22.4. The minimum atomic E-state index is -0.367. The van der Waals surface area contributed by atoms with Crippen molar-refractivity contribution in [3.63, 3.8) is 0 Å². The van der Waals surface area contributed by atoms with Crippen LogP contribution in [-0.2, 0) is 14.4 Å². The van der Waals surface area contributed by atoms with Crippen molar-refractivity contribution in [2.75, 3.05) is 25.0 Å². The third-order valence-corrected chi connectivity index (χ3v) is 5.91. The highest BCUT2D eigenvalue weighted by atomic mass is 16.8. The monoisotopic (exact) mass is 437 g/mol. The van der Waals surface area contributed by atoms with Crippen LogP contribution in [0.3, 0.4) is 0 Å². The molecule has 1 aromatic heterocycles. The predicted octanol–water partition coefficient (Wildman–Crippen LogP) is 3.31. The van der Waals surface area contributed by atoms with Crippen molar-refractivity contribution in [2.45, 2.75) is 51.0 Å². The summed E-state index contributed by atoms with van der Waals surface area (Å²) in [5, 5.41) is 3.47. The Kier molecular flexibility index (Phi) is 7.82. The maximum absolute atomic E-state index is 11.9. The van der Waals surface area contributed by atoms with Crippen LogP contribution in [0.5, 0.6) is 0 Å². The largest absolute Gasteiger partial charge is 0.365 e. The summed E-state index contributed by atoms with van der Waals surface area (Å²) in [6.45, 7) is 4.93. The first-order valence-corrected chi connectivity index (χ1v) is 11.3. The molecule has 1 aromatic carbocycles. The minimum absolute atomic E-state index is 0.335. The van der Waals surface area contributed by atoms with E-state index in [0.717, 1.165) is 44.6 Å². The first-order chi connectivity index (χ1) is 15.7. The molecule has 32 heavy (non-hydrogen) atoms. The average molecular weight is 438 g/mol. The van der Waals surface area contributed by atoms with Gasteiger partial charge in [-0.1, -0.05) is 30.3 Å². The molecule has 8 heteroatoms. The second-order valence-corrected chi connectivity index (χ2v) is 8.25. The number of hydrogen-bond donors (Lipinski definition) is 2. The van der Waals surface area contributed by atoms with Crippen LogP contribution in [0, 0.1) is 0 Å². The van der Waals surface area contributed by atoms with E-state index in [9.17, 15) is 4.79 Å². The Morgan fingerprint density at radius 1 is 1.22 bits per heavy atom. The van der Waals surface area contributed by atoms with Gasteiger partial charge in [-0.2, -0.15) is 0 Å². The van der Waals surface area contributed by atoms with Gasteiger partial charge in [-0.15, -0.1) is 0 Å². The molecule has 4 rings (SSSR count). The van der Waals surface area contributed by atoms with Crippen LogP contribution in [0.15, 0.2) is 48.8 Å². The molecule has 2 fully saturated rings. The van der Waals surface area contributed by atoms with Crippen LogP contribution < -0.4 is 10.8 Å². The van der Waals surface area contributed by atoms with Gasteiger partial charge in [0.2, 0.25) is 0 Å². The van der Waals surface area contributed by atoms with Crippen molar-refractivity contribution in [3.05, 3.63) is 60.1 Å². The number of nitrogens with zero attached hydrogens (tertiary/aromatic N) is 3. The van der Waals surface area contributed by atoms with E-state index in [1.807, 2.05) is 0 Å². The number of nitrogens with one attached hydrogen (secondary N) is 2. The molecular weight excluding hydrogens is 406 g/mol. The second kappa shape index (κ2) is 11.2.